The number of halogens is 1. The Morgan fingerprint density at radius 1 is 1.43 bits per heavy atom. The van der Waals surface area contributed by atoms with E-state index in [4.69, 9.17) is 5.73 Å². The quantitative estimate of drug-likeness (QED) is 0.856. The minimum absolute atomic E-state index is 0.0550. The first-order valence-corrected chi connectivity index (χ1v) is 7.53. The van der Waals surface area contributed by atoms with Crippen LogP contribution in [0.1, 0.15) is 39.9 Å². The van der Waals surface area contributed by atoms with Gasteiger partial charge in [-0.15, -0.1) is 0 Å². The Bertz CT molecular complexity index is 732. The SMILES string of the molecule is Cc1nn(C)c(C)c1C1CCNc2c(Br)c(C(N)=O)nn21. The van der Waals surface area contributed by atoms with Crippen LogP contribution in [0.4, 0.5) is 5.82 Å². The summed E-state index contributed by atoms with van der Waals surface area (Å²) in [4.78, 5) is 11.5. The molecule has 7 nitrogen and oxygen atoms in total. The highest BCUT2D eigenvalue weighted by molar-refractivity contribution is 9.10. The monoisotopic (exact) mass is 352 g/mol. The highest BCUT2D eigenvalue weighted by Crippen LogP contribution is 2.37. The van der Waals surface area contributed by atoms with Crippen LogP contribution in [0.5, 0.6) is 0 Å². The lowest BCUT2D eigenvalue weighted by Crippen LogP contribution is -2.25. The zero-order chi connectivity index (χ0) is 15.3. The number of hydrogen-bond donors (Lipinski definition) is 2. The van der Waals surface area contributed by atoms with E-state index in [1.165, 1.54) is 0 Å². The van der Waals surface area contributed by atoms with Crippen molar-refractivity contribution in [3.8, 4) is 0 Å². The number of aromatic nitrogens is 4. The van der Waals surface area contributed by atoms with Crippen LogP contribution in [-0.4, -0.2) is 32.0 Å². The van der Waals surface area contributed by atoms with E-state index in [0.29, 0.717) is 4.47 Å². The van der Waals surface area contributed by atoms with Gasteiger partial charge in [-0.25, -0.2) is 4.68 Å². The molecule has 3 rings (SSSR count). The molecule has 0 aromatic carbocycles. The standard InChI is InChI=1S/C13H17BrN6O/c1-6-9(7(2)19(3)17-6)8-4-5-16-13-10(14)11(12(15)21)18-20(8)13/h8,16H,4-5H2,1-3H3,(H2,15,21). The third-order valence-electron chi connectivity index (χ3n) is 3.99. The number of nitrogens with two attached hydrogens (primary N) is 1. The number of nitrogens with zero attached hydrogens (tertiary/aromatic N) is 4. The number of hydrogen-bond acceptors (Lipinski definition) is 4. The second kappa shape index (κ2) is 4.87. The lowest BCUT2D eigenvalue weighted by atomic mass is 10.0. The van der Waals surface area contributed by atoms with Gasteiger partial charge in [-0.05, 0) is 36.2 Å². The first kappa shape index (κ1) is 14.1. The summed E-state index contributed by atoms with van der Waals surface area (Å²) in [5.41, 5.74) is 8.89. The molecule has 0 bridgehead atoms. The Kier molecular flexibility index (Phi) is 3.27. The van der Waals surface area contributed by atoms with Gasteiger partial charge in [0.1, 0.15) is 5.82 Å². The molecule has 0 aliphatic carbocycles. The first-order chi connectivity index (χ1) is 9.91. The number of fused-ring (bicyclic) bond motifs is 1. The van der Waals surface area contributed by atoms with Crippen molar-refractivity contribution in [1.29, 1.82) is 0 Å². The molecule has 2 aromatic rings. The Morgan fingerprint density at radius 3 is 2.71 bits per heavy atom. The Hall–Kier alpha value is -1.83. The van der Waals surface area contributed by atoms with E-state index in [-0.39, 0.29) is 11.7 Å². The number of amides is 1. The maximum absolute atomic E-state index is 11.5. The van der Waals surface area contributed by atoms with E-state index >= 15 is 0 Å². The fourth-order valence-electron chi connectivity index (χ4n) is 2.94. The average molecular weight is 353 g/mol. The van der Waals surface area contributed by atoms with Crippen LogP contribution in [0, 0.1) is 13.8 Å². The zero-order valence-corrected chi connectivity index (χ0v) is 13.7. The summed E-state index contributed by atoms with van der Waals surface area (Å²) in [5.74, 6) is 0.256. The van der Waals surface area contributed by atoms with Crippen molar-refractivity contribution < 1.29 is 4.79 Å². The fourth-order valence-corrected chi connectivity index (χ4v) is 3.54. The minimum atomic E-state index is -0.538. The summed E-state index contributed by atoms with van der Waals surface area (Å²) in [7, 11) is 1.93. The zero-order valence-electron chi connectivity index (χ0n) is 12.1. The molecule has 1 unspecified atom stereocenters. The molecule has 1 atom stereocenters. The third-order valence-corrected chi connectivity index (χ3v) is 4.74. The predicted molar refractivity (Wildman–Crippen MR) is 82.4 cm³/mol. The van der Waals surface area contributed by atoms with Crippen LogP contribution in [0.3, 0.4) is 0 Å². The van der Waals surface area contributed by atoms with E-state index in [1.54, 1.807) is 0 Å². The summed E-state index contributed by atoms with van der Waals surface area (Å²) in [6, 6.07) is 0.0550. The third kappa shape index (κ3) is 2.05. The smallest absolute Gasteiger partial charge is 0.270 e. The van der Waals surface area contributed by atoms with Gasteiger partial charge in [0.2, 0.25) is 0 Å². The second-order valence-corrected chi connectivity index (χ2v) is 6.05. The van der Waals surface area contributed by atoms with Gasteiger partial charge in [0.15, 0.2) is 5.69 Å². The molecule has 3 heterocycles. The fraction of sp³-hybridized carbons (Fsp3) is 0.462. The number of aryl methyl sites for hydroxylation is 2. The highest BCUT2D eigenvalue weighted by Gasteiger charge is 2.31. The number of nitrogens with one attached hydrogen (secondary N) is 1. The van der Waals surface area contributed by atoms with Gasteiger partial charge in [-0.2, -0.15) is 10.2 Å². The van der Waals surface area contributed by atoms with Crippen molar-refractivity contribution in [2.24, 2.45) is 12.8 Å². The summed E-state index contributed by atoms with van der Waals surface area (Å²) in [6.45, 7) is 4.85. The molecule has 8 heteroatoms. The molecule has 0 saturated heterocycles. The van der Waals surface area contributed by atoms with Crippen molar-refractivity contribution >= 4 is 27.7 Å². The van der Waals surface area contributed by atoms with Crippen LogP contribution in [0.15, 0.2) is 4.47 Å². The van der Waals surface area contributed by atoms with Crippen LogP contribution in [-0.2, 0) is 7.05 Å². The van der Waals surface area contributed by atoms with E-state index in [2.05, 4.69) is 31.4 Å². The van der Waals surface area contributed by atoms with Crippen molar-refractivity contribution in [3.05, 3.63) is 27.1 Å². The maximum Gasteiger partial charge on any atom is 0.270 e. The van der Waals surface area contributed by atoms with Crippen LogP contribution in [0.2, 0.25) is 0 Å². The van der Waals surface area contributed by atoms with Gasteiger partial charge in [0.25, 0.3) is 5.91 Å². The maximum atomic E-state index is 11.5. The summed E-state index contributed by atoms with van der Waals surface area (Å²) < 4.78 is 4.34. The van der Waals surface area contributed by atoms with Gasteiger partial charge in [0.05, 0.1) is 16.2 Å². The molecule has 1 aliphatic rings. The van der Waals surface area contributed by atoms with Crippen molar-refractivity contribution in [2.75, 3.05) is 11.9 Å². The molecule has 0 fully saturated rings. The lowest BCUT2D eigenvalue weighted by molar-refractivity contribution is 0.0994. The predicted octanol–water partition coefficient (Wildman–Crippen LogP) is 1.50. The Balaban J connectivity index is 2.17. The summed E-state index contributed by atoms with van der Waals surface area (Å²) in [6.07, 6.45) is 0.882. The normalized spacial score (nSPS) is 17.4. The number of anilines is 1. The summed E-state index contributed by atoms with van der Waals surface area (Å²) >= 11 is 3.41. The molecule has 0 spiro atoms. The van der Waals surface area contributed by atoms with E-state index in [1.807, 2.05) is 30.3 Å². The molecular formula is C13H17BrN6O. The second-order valence-electron chi connectivity index (χ2n) is 5.26. The number of carbonyl (C=O) groups excluding carboxylic acids is 1. The molecule has 1 amide bonds. The molecule has 1 aliphatic heterocycles. The van der Waals surface area contributed by atoms with Crippen LogP contribution in [0.25, 0.3) is 0 Å². The average Bonchev–Trinajstić information content (AvgIpc) is 2.89. The largest absolute Gasteiger partial charge is 0.369 e. The van der Waals surface area contributed by atoms with Gasteiger partial charge >= 0.3 is 0 Å². The number of primary amides is 1. The molecule has 0 radical (unpaired) electrons. The van der Waals surface area contributed by atoms with Crippen molar-refractivity contribution in [2.45, 2.75) is 26.3 Å². The molecule has 0 saturated carbocycles. The Labute approximate surface area is 130 Å². The van der Waals surface area contributed by atoms with Crippen LogP contribution < -0.4 is 11.1 Å². The van der Waals surface area contributed by atoms with E-state index < -0.39 is 5.91 Å². The topological polar surface area (TPSA) is 90.8 Å². The summed E-state index contributed by atoms with van der Waals surface area (Å²) in [5, 5.41) is 12.1. The molecular weight excluding hydrogens is 336 g/mol. The Morgan fingerprint density at radius 2 is 2.14 bits per heavy atom. The number of rotatable bonds is 2. The van der Waals surface area contributed by atoms with Gasteiger partial charge in [0, 0.05) is 24.8 Å². The van der Waals surface area contributed by atoms with Gasteiger partial charge < -0.3 is 11.1 Å². The lowest BCUT2D eigenvalue weighted by Gasteiger charge is -2.26. The van der Waals surface area contributed by atoms with E-state index in [9.17, 15) is 4.79 Å². The van der Waals surface area contributed by atoms with Crippen molar-refractivity contribution in [1.82, 2.24) is 19.6 Å². The minimum Gasteiger partial charge on any atom is -0.369 e. The number of carbonyl (C=O) groups is 1. The van der Waals surface area contributed by atoms with Crippen molar-refractivity contribution in [3.63, 3.8) is 0 Å². The molecule has 21 heavy (non-hydrogen) atoms. The van der Waals surface area contributed by atoms with Crippen LogP contribution >= 0.6 is 15.9 Å². The van der Waals surface area contributed by atoms with Gasteiger partial charge in [-0.1, -0.05) is 0 Å². The highest BCUT2D eigenvalue weighted by atomic mass is 79.9. The van der Waals surface area contributed by atoms with Gasteiger partial charge in [-0.3, -0.25) is 9.48 Å². The molecule has 112 valence electrons. The molecule has 2 aromatic heterocycles. The first-order valence-electron chi connectivity index (χ1n) is 6.73. The van der Waals surface area contributed by atoms with E-state index in [0.717, 1.165) is 35.7 Å². The molecule has 3 N–H and O–H groups in total.